The Morgan fingerprint density at radius 3 is 3.00 bits per heavy atom. The molecule has 0 spiro atoms. The molecular weight excluding hydrogens is 212 g/mol. The second kappa shape index (κ2) is 3.31. The standard InChI is InChI=1S/C10H9ClN4/c11-9-5-12-4-3-8(9)10-14-13-6-15(10)7-1-2-7/h3-7H,1-2H2. The van der Waals surface area contributed by atoms with Gasteiger partial charge in [-0.15, -0.1) is 10.2 Å². The van der Waals surface area contributed by atoms with Gasteiger partial charge < -0.3 is 4.57 Å². The Balaban J connectivity index is 2.12. The summed E-state index contributed by atoms with van der Waals surface area (Å²) in [6.45, 7) is 0. The van der Waals surface area contributed by atoms with Crippen molar-refractivity contribution in [3.05, 3.63) is 29.8 Å². The molecule has 4 nitrogen and oxygen atoms in total. The van der Waals surface area contributed by atoms with Crippen molar-refractivity contribution in [2.45, 2.75) is 18.9 Å². The predicted molar refractivity (Wildman–Crippen MR) is 56.5 cm³/mol. The molecule has 1 fully saturated rings. The Bertz CT molecular complexity index is 490. The SMILES string of the molecule is Clc1cnccc1-c1nncn1C1CC1. The number of halogens is 1. The van der Waals surface area contributed by atoms with E-state index in [1.165, 1.54) is 12.8 Å². The second-order valence-electron chi connectivity index (χ2n) is 3.65. The lowest BCUT2D eigenvalue weighted by Crippen LogP contribution is -1.96. The quantitative estimate of drug-likeness (QED) is 0.780. The third-order valence-electron chi connectivity index (χ3n) is 2.53. The first kappa shape index (κ1) is 8.85. The molecular formula is C10H9ClN4. The molecule has 3 rings (SSSR count). The van der Waals surface area contributed by atoms with Crippen LogP contribution in [0.2, 0.25) is 5.02 Å². The topological polar surface area (TPSA) is 43.6 Å². The van der Waals surface area contributed by atoms with Gasteiger partial charge in [-0.05, 0) is 18.9 Å². The Labute approximate surface area is 91.9 Å². The van der Waals surface area contributed by atoms with Gasteiger partial charge in [0.15, 0.2) is 5.82 Å². The first-order chi connectivity index (χ1) is 7.36. The molecule has 0 unspecified atom stereocenters. The van der Waals surface area contributed by atoms with E-state index in [0.29, 0.717) is 11.1 Å². The van der Waals surface area contributed by atoms with Gasteiger partial charge in [-0.2, -0.15) is 0 Å². The summed E-state index contributed by atoms with van der Waals surface area (Å²) >= 11 is 6.07. The summed E-state index contributed by atoms with van der Waals surface area (Å²) in [5, 5.41) is 8.66. The van der Waals surface area contributed by atoms with Gasteiger partial charge in [-0.3, -0.25) is 4.98 Å². The molecule has 1 saturated carbocycles. The molecule has 2 aromatic rings. The maximum Gasteiger partial charge on any atom is 0.165 e. The number of rotatable bonds is 2. The van der Waals surface area contributed by atoms with Crippen molar-refractivity contribution in [2.24, 2.45) is 0 Å². The van der Waals surface area contributed by atoms with Crippen LogP contribution >= 0.6 is 11.6 Å². The maximum atomic E-state index is 6.07. The fourth-order valence-corrected chi connectivity index (χ4v) is 1.82. The zero-order valence-electron chi connectivity index (χ0n) is 7.97. The fourth-order valence-electron chi connectivity index (χ4n) is 1.61. The second-order valence-corrected chi connectivity index (χ2v) is 4.06. The average molecular weight is 221 g/mol. The van der Waals surface area contributed by atoms with Gasteiger partial charge in [-0.1, -0.05) is 11.6 Å². The zero-order chi connectivity index (χ0) is 10.3. The van der Waals surface area contributed by atoms with Gasteiger partial charge in [0, 0.05) is 24.0 Å². The highest BCUT2D eigenvalue weighted by molar-refractivity contribution is 6.33. The first-order valence-electron chi connectivity index (χ1n) is 4.85. The molecule has 0 radical (unpaired) electrons. The van der Waals surface area contributed by atoms with E-state index < -0.39 is 0 Å². The lowest BCUT2D eigenvalue weighted by atomic mass is 10.2. The van der Waals surface area contributed by atoms with E-state index in [0.717, 1.165) is 11.4 Å². The minimum atomic E-state index is 0.555. The minimum Gasteiger partial charge on any atom is -0.310 e. The molecule has 76 valence electrons. The van der Waals surface area contributed by atoms with Crippen LogP contribution in [0.3, 0.4) is 0 Å². The van der Waals surface area contributed by atoms with Crippen molar-refractivity contribution < 1.29 is 0 Å². The highest BCUT2D eigenvalue weighted by atomic mass is 35.5. The van der Waals surface area contributed by atoms with Crippen LogP contribution in [-0.4, -0.2) is 19.7 Å². The van der Waals surface area contributed by atoms with Crippen molar-refractivity contribution in [1.29, 1.82) is 0 Å². The molecule has 0 bridgehead atoms. The van der Waals surface area contributed by atoms with Crippen LogP contribution < -0.4 is 0 Å². The summed E-state index contributed by atoms with van der Waals surface area (Å²) in [6.07, 6.45) is 7.52. The van der Waals surface area contributed by atoms with Crippen LogP contribution in [-0.2, 0) is 0 Å². The van der Waals surface area contributed by atoms with E-state index in [4.69, 9.17) is 11.6 Å². The van der Waals surface area contributed by atoms with Gasteiger partial charge in [0.25, 0.3) is 0 Å². The summed E-state index contributed by atoms with van der Waals surface area (Å²) in [5.74, 6) is 0.838. The number of nitrogens with zero attached hydrogens (tertiary/aromatic N) is 4. The number of hydrogen-bond donors (Lipinski definition) is 0. The van der Waals surface area contributed by atoms with Gasteiger partial charge in [0.1, 0.15) is 6.33 Å². The minimum absolute atomic E-state index is 0.555. The highest BCUT2D eigenvalue weighted by Gasteiger charge is 2.27. The summed E-state index contributed by atoms with van der Waals surface area (Å²) < 4.78 is 2.08. The Morgan fingerprint density at radius 2 is 2.27 bits per heavy atom. The van der Waals surface area contributed by atoms with Gasteiger partial charge in [-0.25, -0.2) is 0 Å². The van der Waals surface area contributed by atoms with Crippen molar-refractivity contribution >= 4 is 11.6 Å². The molecule has 5 heteroatoms. The molecule has 0 aliphatic heterocycles. The van der Waals surface area contributed by atoms with E-state index >= 15 is 0 Å². The van der Waals surface area contributed by atoms with E-state index in [9.17, 15) is 0 Å². The number of pyridine rings is 1. The molecule has 0 atom stereocenters. The van der Waals surface area contributed by atoms with Crippen molar-refractivity contribution in [2.75, 3.05) is 0 Å². The first-order valence-corrected chi connectivity index (χ1v) is 5.23. The van der Waals surface area contributed by atoms with Crippen LogP contribution in [0.25, 0.3) is 11.4 Å². The molecule has 0 N–H and O–H groups in total. The molecule has 2 heterocycles. The summed E-state index contributed by atoms with van der Waals surface area (Å²) in [5.41, 5.74) is 0.899. The molecule has 0 aromatic carbocycles. The summed E-state index contributed by atoms with van der Waals surface area (Å²) in [7, 11) is 0. The van der Waals surface area contributed by atoms with Crippen molar-refractivity contribution in [3.8, 4) is 11.4 Å². The van der Waals surface area contributed by atoms with E-state index in [-0.39, 0.29) is 0 Å². The predicted octanol–water partition coefficient (Wildman–Crippen LogP) is 2.33. The fraction of sp³-hybridized carbons (Fsp3) is 0.300. The molecule has 2 aromatic heterocycles. The number of aromatic nitrogens is 4. The molecule has 1 aliphatic carbocycles. The molecule has 1 aliphatic rings. The molecule has 15 heavy (non-hydrogen) atoms. The van der Waals surface area contributed by atoms with Crippen LogP contribution in [0.1, 0.15) is 18.9 Å². The Morgan fingerprint density at radius 1 is 1.40 bits per heavy atom. The highest BCUT2D eigenvalue weighted by Crippen LogP contribution is 2.38. The normalized spacial score (nSPS) is 15.5. The largest absolute Gasteiger partial charge is 0.310 e. The van der Waals surface area contributed by atoms with Crippen LogP contribution in [0, 0.1) is 0 Å². The van der Waals surface area contributed by atoms with Crippen molar-refractivity contribution in [3.63, 3.8) is 0 Å². The third kappa shape index (κ3) is 1.51. The van der Waals surface area contributed by atoms with Crippen LogP contribution in [0.5, 0.6) is 0 Å². The lowest BCUT2D eigenvalue weighted by Gasteiger charge is -2.05. The smallest absolute Gasteiger partial charge is 0.165 e. The third-order valence-corrected chi connectivity index (χ3v) is 2.83. The van der Waals surface area contributed by atoms with Gasteiger partial charge in [0.2, 0.25) is 0 Å². The average Bonchev–Trinajstić information content (AvgIpc) is 2.98. The number of hydrogen-bond acceptors (Lipinski definition) is 3. The van der Waals surface area contributed by atoms with E-state index in [2.05, 4.69) is 19.7 Å². The van der Waals surface area contributed by atoms with Gasteiger partial charge >= 0.3 is 0 Å². The van der Waals surface area contributed by atoms with Crippen molar-refractivity contribution in [1.82, 2.24) is 19.7 Å². The Kier molecular flexibility index (Phi) is 1.95. The van der Waals surface area contributed by atoms with Gasteiger partial charge in [0.05, 0.1) is 5.02 Å². The molecule has 0 saturated heterocycles. The van der Waals surface area contributed by atoms with E-state index in [1.807, 2.05) is 6.07 Å². The zero-order valence-corrected chi connectivity index (χ0v) is 8.72. The summed E-state index contributed by atoms with van der Waals surface area (Å²) in [4.78, 5) is 3.96. The lowest BCUT2D eigenvalue weighted by molar-refractivity contribution is 0.746. The summed E-state index contributed by atoms with van der Waals surface area (Å²) in [6, 6.07) is 2.42. The monoisotopic (exact) mass is 220 g/mol. The van der Waals surface area contributed by atoms with Crippen LogP contribution in [0.15, 0.2) is 24.8 Å². The van der Waals surface area contributed by atoms with Crippen LogP contribution in [0.4, 0.5) is 0 Å². The Hall–Kier alpha value is -1.42. The molecule has 0 amide bonds. The maximum absolute atomic E-state index is 6.07. The van der Waals surface area contributed by atoms with E-state index in [1.54, 1.807) is 18.7 Å².